The van der Waals surface area contributed by atoms with Gasteiger partial charge in [-0.25, -0.2) is 4.39 Å². The van der Waals surface area contributed by atoms with Gasteiger partial charge in [0.25, 0.3) is 0 Å². The molecule has 0 bridgehead atoms. The van der Waals surface area contributed by atoms with Gasteiger partial charge in [0.1, 0.15) is 0 Å². The minimum Gasteiger partial charge on any atom is -0.494 e. The van der Waals surface area contributed by atoms with E-state index < -0.39 is 0 Å². The first kappa shape index (κ1) is 12.0. The van der Waals surface area contributed by atoms with Gasteiger partial charge in [0.15, 0.2) is 11.6 Å². The Labute approximate surface area is 90.2 Å². The van der Waals surface area contributed by atoms with Crippen LogP contribution < -0.4 is 10.5 Å². The molecule has 1 unspecified atom stereocenters. The molecule has 1 atom stereocenters. The zero-order valence-electron chi connectivity index (χ0n) is 9.29. The van der Waals surface area contributed by atoms with E-state index in [0.29, 0.717) is 30.2 Å². The van der Waals surface area contributed by atoms with Crippen molar-refractivity contribution in [3.8, 4) is 5.75 Å². The van der Waals surface area contributed by atoms with Gasteiger partial charge in [-0.1, -0.05) is 19.1 Å². The maximum Gasteiger partial charge on any atom is 0.168 e. The van der Waals surface area contributed by atoms with E-state index in [9.17, 15) is 4.39 Å². The van der Waals surface area contributed by atoms with Gasteiger partial charge in [-0.05, 0) is 36.9 Å². The Hall–Kier alpha value is -1.09. The molecule has 2 N–H and O–H groups in total. The number of aryl methyl sites for hydroxylation is 1. The van der Waals surface area contributed by atoms with Gasteiger partial charge >= 0.3 is 0 Å². The van der Waals surface area contributed by atoms with Gasteiger partial charge in [-0.2, -0.15) is 0 Å². The van der Waals surface area contributed by atoms with E-state index in [2.05, 4.69) is 6.92 Å². The van der Waals surface area contributed by atoms with Crippen LogP contribution in [0.5, 0.6) is 5.75 Å². The molecule has 0 fully saturated rings. The molecule has 0 aliphatic heterocycles. The lowest BCUT2D eigenvalue weighted by Crippen LogP contribution is -2.11. The van der Waals surface area contributed by atoms with Crippen molar-refractivity contribution in [2.45, 2.75) is 19.8 Å². The first-order chi connectivity index (χ1) is 7.19. The van der Waals surface area contributed by atoms with Crippen molar-refractivity contribution < 1.29 is 9.13 Å². The van der Waals surface area contributed by atoms with Crippen molar-refractivity contribution in [3.63, 3.8) is 0 Å². The Balaban J connectivity index is 2.68. The number of hydrogen-bond acceptors (Lipinski definition) is 2. The fourth-order valence-electron chi connectivity index (χ4n) is 1.43. The molecule has 0 heterocycles. The van der Waals surface area contributed by atoms with E-state index in [0.717, 1.165) is 6.42 Å². The van der Waals surface area contributed by atoms with E-state index in [4.69, 9.17) is 10.5 Å². The third kappa shape index (κ3) is 3.20. The number of methoxy groups -OCH3 is 1. The van der Waals surface area contributed by atoms with Crippen LogP contribution in [0.1, 0.15) is 18.9 Å². The smallest absolute Gasteiger partial charge is 0.168 e. The van der Waals surface area contributed by atoms with Crippen molar-refractivity contribution in [2.75, 3.05) is 13.7 Å². The van der Waals surface area contributed by atoms with Crippen LogP contribution in [0.4, 0.5) is 4.39 Å². The van der Waals surface area contributed by atoms with Crippen LogP contribution in [0.25, 0.3) is 0 Å². The van der Waals surface area contributed by atoms with Crippen molar-refractivity contribution in [1.29, 1.82) is 0 Å². The molecule has 1 rings (SSSR count). The van der Waals surface area contributed by atoms with Crippen molar-refractivity contribution >= 4 is 0 Å². The summed E-state index contributed by atoms with van der Waals surface area (Å²) in [6.07, 6.45) is 1.61. The number of halogens is 1. The summed E-state index contributed by atoms with van der Waals surface area (Å²) < 4.78 is 18.6. The monoisotopic (exact) mass is 211 g/mol. The van der Waals surface area contributed by atoms with E-state index in [1.54, 1.807) is 12.1 Å². The number of hydrogen-bond donors (Lipinski definition) is 1. The van der Waals surface area contributed by atoms with Crippen LogP contribution in [0.2, 0.25) is 0 Å². The Bertz CT molecular complexity index is 314. The zero-order valence-corrected chi connectivity index (χ0v) is 9.29. The summed E-state index contributed by atoms with van der Waals surface area (Å²) >= 11 is 0. The largest absolute Gasteiger partial charge is 0.494 e. The minimum atomic E-state index is -0.246. The molecule has 84 valence electrons. The maximum atomic E-state index is 13.7. The Kier molecular flexibility index (Phi) is 4.56. The summed E-state index contributed by atoms with van der Waals surface area (Å²) in [7, 11) is 1.48. The predicted molar refractivity (Wildman–Crippen MR) is 59.5 cm³/mol. The molecule has 0 spiro atoms. The molecule has 0 aromatic heterocycles. The molecule has 3 heteroatoms. The quantitative estimate of drug-likeness (QED) is 0.811. The second-order valence-electron chi connectivity index (χ2n) is 3.81. The molecule has 1 aromatic carbocycles. The fourth-order valence-corrected chi connectivity index (χ4v) is 1.43. The molecule has 0 amide bonds. The summed E-state index contributed by atoms with van der Waals surface area (Å²) in [5, 5.41) is 0. The number of ether oxygens (including phenoxy) is 1. The molecule has 0 aliphatic carbocycles. The van der Waals surface area contributed by atoms with E-state index in [1.807, 2.05) is 6.07 Å². The van der Waals surface area contributed by atoms with Gasteiger partial charge in [0, 0.05) is 0 Å². The highest BCUT2D eigenvalue weighted by molar-refractivity contribution is 5.31. The zero-order chi connectivity index (χ0) is 11.3. The van der Waals surface area contributed by atoms with Crippen LogP contribution in [0, 0.1) is 11.7 Å². The molecule has 0 aliphatic rings. The van der Waals surface area contributed by atoms with Gasteiger partial charge in [-0.15, -0.1) is 0 Å². The average Bonchev–Trinajstić information content (AvgIpc) is 2.27. The van der Waals surface area contributed by atoms with E-state index in [1.165, 1.54) is 7.11 Å². The van der Waals surface area contributed by atoms with Crippen LogP contribution >= 0.6 is 0 Å². The molecular weight excluding hydrogens is 193 g/mol. The Morgan fingerprint density at radius 3 is 2.80 bits per heavy atom. The fraction of sp³-hybridized carbons (Fsp3) is 0.500. The SMILES string of the molecule is COc1cccc(CCC(C)CN)c1F. The summed E-state index contributed by atoms with van der Waals surface area (Å²) in [6.45, 7) is 2.71. The normalized spacial score (nSPS) is 12.5. The van der Waals surface area contributed by atoms with E-state index >= 15 is 0 Å². The second-order valence-corrected chi connectivity index (χ2v) is 3.81. The molecule has 0 radical (unpaired) electrons. The van der Waals surface area contributed by atoms with Crippen LogP contribution in [0.3, 0.4) is 0 Å². The summed E-state index contributed by atoms with van der Waals surface area (Å²) in [4.78, 5) is 0. The molecule has 0 saturated heterocycles. The lowest BCUT2D eigenvalue weighted by molar-refractivity contribution is 0.383. The maximum absolute atomic E-state index is 13.7. The highest BCUT2D eigenvalue weighted by Gasteiger charge is 2.09. The Morgan fingerprint density at radius 1 is 1.47 bits per heavy atom. The summed E-state index contributed by atoms with van der Waals surface area (Å²) in [6, 6.07) is 5.23. The van der Waals surface area contributed by atoms with E-state index in [-0.39, 0.29) is 5.82 Å². The highest BCUT2D eigenvalue weighted by Crippen LogP contribution is 2.21. The highest BCUT2D eigenvalue weighted by atomic mass is 19.1. The lowest BCUT2D eigenvalue weighted by Gasteiger charge is -2.10. The lowest BCUT2D eigenvalue weighted by atomic mass is 10.0. The van der Waals surface area contributed by atoms with Crippen LogP contribution in [-0.4, -0.2) is 13.7 Å². The van der Waals surface area contributed by atoms with Crippen molar-refractivity contribution in [2.24, 2.45) is 11.7 Å². The molecule has 1 aromatic rings. The summed E-state index contributed by atoms with van der Waals surface area (Å²) in [5.41, 5.74) is 6.22. The molecule has 2 nitrogen and oxygen atoms in total. The van der Waals surface area contributed by atoms with Crippen molar-refractivity contribution in [1.82, 2.24) is 0 Å². The number of rotatable bonds is 5. The third-order valence-corrected chi connectivity index (χ3v) is 2.57. The van der Waals surface area contributed by atoms with Gasteiger partial charge in [-0.3, -0.25) is 0 Å². The molecule has 15 heavy (non-hydrogen) atoms. The third-order valence-electron chi connectivity index (χ3n) is 2.57. The number of benzene rings is 1. The van der Waals surface area contributed by atoms with Gasteiger partial charge < -0.3 is 10.5 Å². The summed E-state index contributed by atoms with van der Waals surface area (Å²) in [5.74, 6) is 0.493. The topological polar surface area (TPSA) is 35.2 Å². The predicted octanol–water partition coefficient (Wildman–Crippen LogP) is 2.36. The van der Waals surface area contributed by atoms with Gasteiger partial charge in [0.05, 0.1) is 7.11 Å². The van der Waals surface area contributed by atoms with Gasteiger partial charge in [0.2, 0.25) is 0 Å². The first-order valence-corrected chi connectivity index (χ1v) is 5.20. The molecular formula is C12H18FNO. The average molecular weight is 211 g/mol. The Morgan fingerprint density at radius 2 is 2.20 bits per heavy atom. The minimum absolute atomic E-state index is 0.246. The van der Waals surface area contributed by atoms with Crippen molar-refractivity contribution in [3.05, 3.63) is 29.6 Å². The molecule has 0 saturated carbocycles. The first-order valence-electron chi connectivity index (χ1n) is 5.20. The standard InChI is InChI=1S/C12H18FNO/c1-9(8-14)6-7-10-4-3-5-11(15-2)12(10)13/h3-5,9H,6-8,14H2,1-2H3. The van der Waals surface area contributed by atoms with Crippen LogP contribution in [-0.2, 0) is 6.42 Å². The number of nitrogens with two attached hydrogens (primary N) is 1. The van der Waals surface area contributed by atoms with Crippen LogP contribution in [0.15, 0.2) is 18.2 Å². The second kappa shape index (κ2) is 5.71.